The molecule has 1 aliphatic carbocycles. The number of aromatic nitrogens is 1. The average molecular weight is 287 g/mol. The summed E-state index contributed by atoms with van der Waals surface area (Å²) in [5.41, 5.74) is 3.58. The Morgan fingerprint density at radius 1 is 1.43 bits per heavy atom. The van der Waals surface area contributed by atoms with Crippen LogP contribution in [0.25, 0.3) is 0 Å². The molecule has 0 fully saturated rings. The summed E-state index contributed by atoms with van der Waals surface area (Å²) in [5.74, 6) is -0.483. The van der Waals surface area contributed by atoms with Crippen molar-refractivity contribution < 1.29 is 19.1 Å². The van der Waals surface area contributed by atoms with Gasteiger partial charge in [0.15, 0.2) is 5.69 Å². The molecule has 110 valence electrons. The molecule has 0 spiro atoms. The van der Waals surface area contributed by atoms with Gasteiger partial charge in [-0.15, -0.1) is 0 Å². The van der Waals surface area contributed by atoms with Crippen molar-refractivity contribution in [2.24, 2.45) is 0 Å². The van der Waals surface area contributed by atoms with E-state index in [0.717, 1.165) is 24.7 Å². The van der Waals surface area contributed by atoms with Gasteiger partial charge in [0.2, 0.25) is 0 Å². The Bertz CT molecular complexity index is 715. The smallest absolute Gasteiger partial charge is 0.399 e. The molecule has 0 saturated carbocycles. The number of ether oxygens (including phenoxy) is 1. The lowest BCUT2D eigenvalue weighted by molar-refractivity contribution is 0.0690. The molecule has 5 nitrogen and oxygen atoms in total. The highest BCUT2D eigenvalue weighted by Crippen LogP contribution is 2.41. The van der Waals surface area contributed by atoms with E-state index in [1.54, 1.807) is 0 Å². The van der Waals surface area contributed by atoms with E-state index in [9.17, 15) is 4.79 Å². The Morgan fingerprint density at radius 3 is 2.86 bits per heavy atom. The van der Waals surface area contributed by atoms with E-state index < -0.39 is 5.97 Å². The SMILES string of the molecule is Cc1cc2c(cc1Oc1nc(C(=O)O)co1)C(C)(C)CC2. The van der Waals surface area contributed by atoms with E-state index in [4.69, 9.17) is 14.3 Å². The summed E-state index contributed by atoms with van der Waals surface area (Å²) in [5, 5.41) is 8.84. The van der Waals surface area contributed by atoms with Crippen molar-refractivity contribution in [1.82, 2.24) is 4.98 Å². The zero-order valence-electron chi connectivity index (χ0n) is 12.3. The third kappa shape index (κ3) is 2.39. The number of oxazole rings is 1. The van der Waals surface area contributed by atoms with Gasteiger partial charge in [0.25, 0.3) is 0 Å². The van der Waals surface area contributed by atoms with Gasteiger partial charge in [-0.05, 0) is 47.9 Å². The summed E-state index contributed by atoms with van der Waals surface area (Å²) in [4.78, 5) is 14.6. The van der Waals surface area contributed by atoms with Gasteiger partial charge >= 0.3 is 12.0 Å². The first-order valence-electron chi connectivity index (χ1n) is 6.87. The summed E-state index contributed by atoms with van der Waals surface area (Å²) < 4.78 is 10.7. The highest BCUT2D eigenvalue weighted by Gasteiger charge is 2.30. The van der Waals surface area contributed by atoms with Crippen molar-refractivity contribution in [3.63, 3.8) is 0 Å². The summed E-state index contributed by atoms with van der Waals surface area (Å²) in [6.45, 7) is 6.39. The predicted molar refractivity (Wildman–Crippen MR) is 76.1 cm³/mol. The average Bonchev–Trinajstić information content (AvgIpc) is 2.97. The lowest BCUT2D eigenvalue weighted by Gasteiger charge is -2.20. The van der Waals surface area contributed by atoms with Crippen molar-refractivity contribution in [2.45, 2.75) is 39.0 Å². The van der Waals surface area contributed by atoms with Gasteiger partial charge in [-0.2, -0.15) is 4.98 Å². The largest absolute Gasteiger partial charge is 0.476 e. The monoisotopic (exact) mass is 287 g/mol. The Kier molecular flexibility index (Phi) is 3.01. The lowest BCUT2D eigenvalue weighted by atomic mass is 9.86. The van der Waals surface area contributed by atoms with Crippen LogP contribution < -0.4 is 4.74 Å². The number of nitrogens with zero attached hydrogens (tertiary/aromatic N) is 1. The van der Waals surface area contributed by atoms with Crippen molar-refractivity contribution in [1.29, 1.82) is 0 Å². The molecule has 0 radical (unpaired) electrons. The Balaban J connectivity index is 1.94. The molecule has 5 heteroatoms. The molecule has 0 bridgehead atoms. The fourth-order valence-corrected chi connectivity index (χ4v) is 2.77. The number of aromatic carboxylic acids is 1. The summed E-state index contributed by atoms with van der Waals surface area (Å²) in [7, 11) is 0. The molecule has 2 aromatic rings. The number of aryl methyl sites for hydroxylation is 2. The van der Waals surface area contributed by atoms with Crippen LogP contribution in [0.1, 0.15) is 47.4 Å². The first kappa shape index (κ1) is 13.7. The molecule has 1 aromatic heterocycles. The van der Waals surface area contributed by atoms with E-state index in [0.29, 0.717) is 5.75 Å². The lowest BCUT2D eigenvalue weighted by Crippen LogP contribution is -2.12. The third-order valence-electron chi connectivity index (χ3n) is 4.05. The fourth-order valence-electron chi connectivity index (χ4n) is 2.77. The maximum atomic E-state index is 10.8. The molecular formula is C16H17NO4. The van der Waals surface area contributed by atoms with Crippen LogP contribution in [-0.4, -0.2) is 16.1 Å². The van der Waals surface area contributed by atoms with Crippen molar-refractivity contribution in [3.05, 3.63) is 40.8 Å². The van der Waals surface area contributed by atoms with Gasteiger partial charge in [-0.1, -0.05) is 19.9 Å². The van der Waals surface area contributed by atoms with Gasteiger partial charge in [0, 0.05) is 0 Å². The minimum Gasteiger partial charge on any atom is -0.476 e. The number of fused-ring (bicyclic) bond motifs is 1. The molecule has 3 rings (SSSR count). The topological polar surface area (TPSA) is 72.6 Å². The molecule has 1 N–H and O–H groups in total. The minimum absolute atomic E-state index is 0.0498. The zero-order chi connectivity index (χ0) is 15.2. The maximum Gasteiger partial charge on any atom is 0.399 e. The Hall–Kier alpha value is -2.30. The van der Waals surface area contributed by atoms with Crippen LogP contribution in [-0.2, 0) is 11.8 Å². The van der Waals surface area contributed by atoms with Crippen LogP contribution in [0.2, 0.25) is 0 Å². The molecule has 0 atom stereocenters. The van der Waals surface area contributed by atoms with Crippen LogP contribution in [0.15, 0.2) is 22.8 Å². The molecule has 1 aliphatic rings. The standard InChI is InChI=1S/C16H17NO4/c1-9-6-10-4-5-16(2,3)11(10)7-13(9)21-15-17-12(8-20-15)14(18)19/h6-8H,4-5H2,1-3H3,(H,18,19). The Morgan fingerprint density at radius 2 is 2.19 bits per heavy atom. The molecule has 0 amide bonds. The number of carboxylic acid groups (broad SMARTS) is 1. The van der Waals surface area contributed by atoms with Gasteiger partial charge in [-0.25, -0.2) is 4.79 Å². The molecular weight excluding hydrogens is 270 g/mol. The quantitative estimate of drug-likeness (QED) is 0.931. The van der Waals surface area contributed by atoms with Gasteiger partial charge in [0.1, 0.15) is 12.0 Å². The van der Waals surface area contributed by atoms with Crippen LogP contribution in [0, 0.1) is 6.92 Å². The predicted octanol–water partition coefficient (Wildman–Crippen LogP) is 3.70. The Labute approximate surface area is 122 Å². The number of hydrogen-bond donors (Lipinski definition) is 1. The zero-order valence-corrected chi connectivity index (χ0v) is 12.3. The highest BCUT2D eigenvalue weighted by atomic mass is 16.6. The molecule has 1 aromatic carbocycles. The molecule has 21 heavy (non-hydrogen) atoms. The summed E-state index contributed by atoms with van der Waals surface area (Å²) in [6.07, 6.45) is 3.22. The second-order valence-corrected chi connectivity index (χ2v) is 6.06. The molecule has 0 unspecified atom stereocenters. The highest BCUT2D eigenvalue weighted by molar-refractivity contribution is 5.84. The van der Waals surface area contributed by atoms with Gasteiger partial charge in [-0.3, -0.25) is 0 Å². The second kappa shape index (κ2) is 4.62. The van der Waals surface area contributed by atoms with E-state index in [2.05, 4.69) is 24.9 Å². The van der Waals surface area contributed by atoms with Crippen molar-refractivity contribution >= 4 is 5.97 Å². The minimum atomic E-state index is -1.14. The first-order chi connectivity index (χ1) is 9.87. The van der Waals surface area contributed by atoms with Crippen molar-refractivity contribution in [2.75, 3.05) is 0 Å². The van der Waals surface area contributed by atoms with Crippen LogP contribution in [0.5, 0.6) is 11.8 Å². The van der Waals surface area contributed by atoms with Crippen LogP contribution in [0.3, 0.4) is 0 Å². The van der Waals surface area contributed by atoms with Gasteiger partial charge in [0.05, 0.1) is 0 Å². The normalized spacial score (nSPS) is 15.8. The number of rotatable bonds is 3. The van der Waals surface area contributed by atoms with E-state index in [1.807, 2.05) is 13.0 Å². The van der Waals surface area contributed by atoms with Gasteiger partial charge < -0.3 is 14.3 Å². The fraction of sp³-hybridized carbons (Fsp3) is 0.375. The molecule has 0 aliphatic heterocycles. The summed E-state index contributed by atoms with van der Waals surface area (Å²) >= 11 is 0. The van der Waals surface area contributed by atoms with Crippen LogP contribution >= 0.6 is 0 Å². The molecule has 0 saturated heterocycles. The number of carboxylic acids is 1. The second-order valence-electron chi connectivity index (χ2n) is 6.06. The van der Waals surface area contributed by atoms with Crippen molar-refractivity contribution in [3.8, 4) is 11.8 Å². The molecule has 1 heterocycles. The van der Waals surface area contributed by atoms with Crippen LogP contribution in [0.4, 0.5) is 0 Å². The first-order valence-corrected chi connectivity index (χ1v) is 6.87. The van der Waals surface area contributed by atoms with E-state index in [-0.39, 0.29) is 17.2 Å². The number of benzene rings is 1. The maximum absolute atomic E-state index is 10.8. The van der Waals surface area contributed by atoms with E-state index in [1.165, 1.54) is 11.1 Å². The third-order valence-corrected chi connectivity index (χ3v) is 4.05. The number of hydrogen-bond acceptors (Lipinski definition) is 4. The summed E-state index contributed by atoms with van der Waals surface area (Å²) in [6, 6.07) is 4.14. The van der Waals surface area contributed by atoms with E-state index >= 15 is 0 Å². The number of carbonyl (C=O) groups is 1.